The van der Waals surface area contributed by atoms with Gasteiger partial charge in [-0.25, -0.2) is 9.29 Å². The van der Waals surface area contributed by atoms with Crippen LogP contribution in [0.15, 0.2) is 53.7 Å². The Labute approximate surface area is 194 Å². The van der Waals surface area contributed by atoms with Gasteiger partial charge in [-0.15, -0.1) is 12.8 Å². The molecule has 1 aliphatic heterocycles. The number of aromatic amines is 1. The minimum Gasteiger partial charge on any atom is -0.491 e. The number of carboxylic acids is 1. The number of terminal acetylenes is 1. The van der Waals surface area contributed by atoms with Crippen LogP contribution in [0, 0.1) is 18.8 Å². The Hall–Kier alpha value is -2.95. The third-order valence-electron chi connectivity index (χ3n) is 4.70. The zero-order valence-electron chi connectivity index (χ0n) is 18.8. The van der Waals surface area contributed by atoms with E-state index in [0.717, 1.165) is 28.3 Å². The molecule has 7 heteroatoms. The minimum atomic E-state index is -0.829. The summed E-state index contributed by atoms with van der Waals surface area (Å²) in [6.07, 6.45) is 13.0. The molecule has 1 aliphatic rings. The first-order valence-electron chi connectivity index (χ1n) is 10.6. The van der Waals surface area contributed by atoms with Crippen LogP contribution in [0.1, 0.15) is 32.8 Å². The van der Waals surface area contributed by atoms with Crippen LogP contribution >= 0.6 is 11.9 Å². The molecule has 2 aromatic heterocycles. The van der Waals surface area contributed by atoms with E-state index in [1.807, 2.05) is 31.9 Å². The van der Waals surface area contributed by atoms with Gasteiger partial charge in [0.05, 0.1) is 12.5 Å². The second-order valence-corrected chi connectivity index (χ2v) is 8.97. The highest BCUT2D eigenvalue weighted by atomic mass is 32.2. The molecule has 0 unspecified atom stereocenters. The highest BCUT2D eigenvalue weighted by Gasteiger charge is 2.19. The maximum Gasteiger partial charge on any atom is 0.307 e. The number of rotatable bonds is 6. The zero-order chi connectivity index (χ0) is 23.5. The van der Waals surface area contributed by atoms with Gasteiger partial charge in [-0.3, -0.25) is 4.79 Å². The van der Waals surface area contributed by atoms with Crippen molar-refractivity contribution in [2.75, 3.05) is 13.1 Å². The van der Waals surface area contributed by atoms with Gasteiger partial charge in [0.15, 0.2) is 0 Å². The van der Waals surface area contributed by atoms with E-state index >= 15 is 0 Å². The SMILES string of the molecule is C#C.CC(C)Oc1ccc(SN2CC[C@H](C)C2)cc1.O=C(O)Cc1c[nH]c2ncccc12. The van der Waals surface area contributed by atoms with Gasteiger partial charge < -0.3 is 14.8 Å². The number of ether oxygens (including phenoxy) is 1. The summed E-state index contributed by atoms with van der Waals surface area (Å²) in [4.78, 5) is 18.8. The van der Waals surface area contributed by atoms with Gasteiger partial charge in [0.1, 0.15) is 11.4 Å². The Morgan fingerprint density at radius 3 is 2.62 bits per heavy atom. The number of hydrogen-bond acceptors (Lipinski definition) is 5. The van der Waals surface area contributed by atoms with Gasteiger partial charge in [-0.1, -0.05) is 6.92 Å². The van der Waals surface area contributed by atoms with Gasteiger partial charge in [0.2, 0.25) is 0 Å². The Morgan fingerprint density at radius 1 is 1.31 bits per heavy atom. The lowest BCUT2D eigenvalue weighted by molar-refractivity contribution is -0.136. The van der Waals surface area contributed by atoms with Crippen molar-refractivity contribution in [3.8, 4) is 18.6 Å². The highest BCUT2D eigenvalue weighted by Crippen LogP contribution is 2.30. The number of nitrogens with zero attached hydrogens (tertiary/aromatic N) is 2. The van der Waals surface area contributed by atoms with E-state index in [-0.39, 0.29) is 12.5 Å². The quantitative estimate of drug-likeness (QED) is 0.391. The van der Waals surface area contributed by atoms with Crippen LogP contribution < -0.4 is 4.74 Å². The smallest absolute Gasteiger partial charge is 0.307 e. The Bertz CT molecular complexity index is 998. The van der Waals surface area contributed by atoms with Gasteiger partial charge in [0.25, 0.3) is 0 Å². The van der Waals surface area contributed by atoms with Gasteiger partial charge in [-0.2, -0.15) is 0 Å². The molecule has 6 nitrogen and oxygen atoms in total. The van der Waals surface area contributed by atoms with Crippen LogP contribution in [0.4, 0.5) is 0 Å². The van der Waals surface area contributed by atoms with Gasteiger partial charge in [0, 0.05) is 35.8 Å². The molecule has 3 aromatic rings. The van der Waals surface area contributed by atoms with Crippen molar-refractivity contribution in [2.45, 2.75) is 44.6 Å². The number of carbonyl (C=O) groups is 1. The van der Waals surface area contributed by atoms with Crippen LogP contribution in [-0.2, 0) is 11.2 Å². The van der Waals surface area contributed by atoms with Gasteiger partial charge in [-0.05, 0) is 80.1 Å². The number of hydrogen-bond donors (Lipinski definition) is 2. The number of aliphatic carboxylic acids is 1. The van der Waals surface area contributed by atoms with Crippen molar-refractivity contribution in [3.05, 3.63) is 54.4 Å². The molecular weight excluding hydrogens is 422 g/mol. The van der Waals surface area contributed by atoms with Gasteiger partial charge >= 0.3 is 5.97 Å². The van der Waals surface area contributed by atoms with Crippen LogP contribution in [-0.4, -0.2) is 44.5 Å². The molecule has 0 aliphatic carbocycles. The lowest BCUT2D eigenvalue weighted by Gasteiger charge is -2.14. The molecule has 0 amide bonds. The minimum absolute atomic E-state index is 0.0334. The zero-order valence-corrected chi connectivity index (χ0v) is 19.6. The summed E-state index contributed by atoms with van der Waals surface area (Å²) >= 11 is 1.86. The summed E-state index contributed by atoms with van der Waals surface area (Å²) in [5.74, 6) is 0.968. The summed E-state index contributed by atoms with van der Waals surface area (Å²) in [5.41, 5.74) is 1.51. The predicted molar refractivity (Wildman–Crippen MR) is 131 cm³/mol. The second kappa shape index (κ2) is 12.8. The Balaban J connectivity index is 0.000000217. The third-order valence-corrected chi connectivity index (χ3v) is 5.77. The molecule has 1 fully saturated rings. The van der Waals surface area contributed by atoms with Crippen LogP contribution in [0.5, 0.6) is 5.75 Å². The highest BCUT2D eigenvalue weighted by molar-refractivity contribution is 7.97. The van der Waals surface area contributed by atoms with Crippen molar-refractivity contribution < 1.29 is 14.6 Å². The van der Waals surface area contributed by atoms with E-state index in [9.17, 15) is 4.79 Å². The molecule has 0 saturated carbocycles. The van der Waals surface area contributed by atoms with Crippen molar-refractivity contribution in [1.29, 1.82) is 0 Å². The number of pyridine rings is 1. The number of benzene rings is 1. The summed E-state index contributed by atoms with van der Waals surface area (Å²) in [6.45, 7) is 8.83. The molecule has 3 heterocycles. The first-order valence-corrected chi connectivity index (χ1v) is 11.3. The van der Waals surface area contributed by atoms with Crippen molar-refractivity contribution >= 4 is 29.0 Å². The molecule has 170 valence electrons. The van der Waals surface area contributed by atoms with E-state index in [1.54, 1.807) is 18.5 Å². The first-order chi connectivity index (χ1) is 15.4. The second-order valence-electron chi connectivity index (χ2n) is 7.80. The van der Waals surface area contributed by atoms with E-state index in [1.165, 1.54) is 24.4 Å². The lowest BCUT2D eigenvalue weighted by atomic mass is 10.2. The van der Waals surface area contributed by atoms with E-state index in [0.29, 0.717) is 0 Å². The number of fused-ring (bicyclic) bond motifs is 1. The van der Waals surface area contributed by atoms with Crippen LogP contribution in [0.25, 0.3) is 11.0 Å². The maximum atomic E-state index is 10.5. The van der Waals surface area contributed by atoms with E-state index in [2.05, 4.69) is 58.3 Å². The molecule has 4 rings (SSSR count). The molecule has 0 radical (unpaired) electrons. The molecule has 2 N–H and O–H groups in total. The van der Waals surface area contributed by atoms with E-state index < -0.39 is 5.97 Å². The van der Waals surface area contributed by atoms with Crippen LogP contribution in [0.2, 0.25) is 0 Å². The molecule has 1 saturated heterocycles. The lowest BCUT2D eigenvalue weighted by Crippen LogP contribution is -2.10. The summed E-state index contributed by atoms with van der Waals surface area (Å²) < 4.78 is 8.08. The number of H-pyrrole nitrogens is 1. The maximum absolute atomic E-state index is 10.5. The fraction of sp³-hybridized carbons (Fsp3) is 0.360. The normalized spacial score (nSPS) is 15.5. The molecule has 32 heavy (non-hydrogen) atoms. The molecule has 1 atom stereocenters. The standard InChI is InChI=1S/C14H21NOS.C9H8N2O2.C2H2/c1-11(2)16-13-4-6-14(7-5-13)17-15-9-8-12(3)10-15;12-8(13)4-6-5-11-9-7(6)2-1-3-10-9;1-2/h4-7,11-12H,8-10H2,1-3H3;1-3,5H,4H2,(H,10,11)(H,12,13);1-2H/t12-;;/m0../s1. The third kappa shape index (κ3) is 7.95. The Morgan fingerprint density at radius 2 is 2.03 bits per heavy atom. The topological polar surface area (TPSA) is 78.5 Å². The van der Waals surface area contributed by atoms with Crippen molar-refractivity contribution in [3.63, 3.8) is 0 Å². The average Bonchev–Trinajstić information content (AvgIpc) is 3.37. The predicted octanol–water partition coefficient (Wildman–Crippen LogP) is 5.26. The average molecular weight is 454 g/mol. The largest absolute Gasteiger partial charge is 0.491 e. The molecule has 0 spiro atoms. The fourth-order valence-corrected chi connectivity index (χ4v) is 4.38. The van der Waals surface area contributed by atoms with Crippen molar-refractivity contribution in [1.82, 2.24) is 14.3 Å². The molecular formula is C25H31N3O3S. The molecule has 1 aromatic carbocycles. The summed E-state index contributed by atoms with van der Waals surface area (Å²) in [5, 5.41) is 9.49. The molecule has 0 bridgehead atoms. The summed E-state index contributed by atoms with van der Waals surface area (Å²) in [6, 6.07) is 12.1. The van der Waals surface area contributed by atoms with E-state index in [4.69, 9.17) is 9.84 Å². The number of nitrogens with one attached hydrogen (secondary N) is 1. The number of aromatic nitrogens is 2. The van der Waals surface area contributed by atoms with Crippen LogP contribution in [0.3, 0.4) is 0 Å². The first kappa shape index (κ1) is 25.3. The fourth-order valence-electron chi connectivity index (χ4n) is 3.30. The monoisotopic (exact) mass is 453 g/mol. The Kier molecular flexibility index (Phi) is 10.1. The summed E-state index contributed by atoms with van der Waals surface area (Å²) in [7, 11) is 0. The number of carboxylic acid groups (broad SMARTS) is 1. The van der Waals surface area contributed by atoms with Crippen molar-refractivity contribution in [2.24, 2.45) is 5.92 Å².